The zero-order valence-electron chi connectivity index (χ0n) is 15.5. The lowest BCUT2D eigenvalue weighted by atomic mass is 10.0. The van der Waals surface area contributed by atoms with Crippen LogP contribution >= 0.6 is 0 Å². The van der Waals surface area contributed by atoms with Crippen LogP contribution in [0, 0.1) is 0 Å². The van der Waals surface area contributed by atoms with Crippen LogP contribution in [0.1, 0.15) is 10.4 Å². The standard InChI is InChI=1S/C21H20N2O4S/c1-23(28(2,26)27)19-13-12-16(17-10-6-7-11-20(17)24)14-18(19)22-21(25)15-8-4-3-5-9-15/h3-14,24H,1-2H3,(H,22,25). The Morgan fingerprint density at radius 1 is 0.964 bits per heavy atom. The molecule has 1 amide bonds. The molecule has 0 aromatic heterocycles. The second kappa shape index (κ2) is 7.74. The third-order valence-electron chi connectivity index (χ3n) is 4.33. The Morgan fingerprint density at radius 3 is 2.25 bits per heavy atom. The molecular weight excluding hydrogens is 376 g/mol. The van der Waals surface area contributed by atoms with Crippen molar-refractivity contribution in [2.75, 3.05) is 22.9 Å². The molecule has 3 aromatic rings. The Hall–Kier alpha value is -3.32. The summed E-state index contributed by atoms with van der Waals surface area (Å²) in [6, 6.07) is 20.4. The van der Waals surface area contributed by atoms with E-state index in [9.17, 15) is 18.3 Å². The van der Waals surface area contributed by atoms with E-state index in [2.05, 4.69) is 5.32 Å². The Labute approximate surface area is 164 Å². The molecule has 0 radical (unpaired) electrons. The maximum Gasteiger partial charge on any atom is 0.255 e. The minimum atomic E-state index is -3.53. The monoisotopic (exact) mass is 396 g/mol. The fraction of sp³-hybridized carbons (Fsp3) is 0.0952. The molecule has 0 aliphatic carbocycles. The summed E-state index contributed by atoms with van der Waals surface area (Å²) in [5.41, 5.74) is 2.32. The topological polar surface area (TPSA) is 86.7 Å². The maximum atomic E-state index is 12.6. The van der Waals surface area contributed by atoms with Crippen LogP contribution in [-0.2, 0) is 10.0 Å². The van der Waals surface area contributed by atoms with Gasteiger partial charge in [0, 0.05) is 18.2 Å². The number of rotatable bonds is 5. The number of para-hydroxylation sites is 1. The number of nitrogens with one attached hydrogen (secondary N) is 1. The number of nitrogens with zero attached hydrogens (tertiary/aromatic N) is 1. The van der Waals surface area contributed by atoms with Gasteiger partial charge in [-0.05, 0) is 35.9 Å². The lowest BCUT2D eigenvalue weighted by Gasteiger charge is -2.21. The van der Waals surface area contributed by atoms with Gasteiger partial charge in [-0.2, -0.15) is 0 Å². The third-order valence-corrected chi connectivity index (χ3v) is 5.52. The van der Waals surface area contributed by atoms with Crippen LogP contribution in [0.15, 0.2) is 72.8 Å². The SMILES string of the molecule is CN(c1ccc(-c2ccccc2O)cc1NC(=O)c1ccccc1)S(C)(=O)=O. The molecule has 0 aliphatic rings. The molecule has 0 saturated carbocycles. The first-order chi connectivity index (χ1) is 13.3. The van der Waals surface area contributed by atoms with E-state index >= 15 is 0 Å². The van der Waals surface area contributed by atoms with E-state index in [-0.39, 0.29) is 11.7 Å². The van der Waals surface area contributed by atoms with Gasteiger partial charge in [-0.25, -0.2) is 8.42 Å². The number of hydrogen-bond acceptors (Lipinski definition) is 4. The highest BCUT2D eigenvalue weighted by Gasteiger charge is 2.19. The molecule has 0 unspecified atom stereocenters. The summed E-state index contributed by atoms with van der Waals surface area (Å²) in [6.07, 6.45) is 1.09. The van der Waals surface area contributed by atoms with Crippen LogP contribution < -0.4 is 9.62 Å². The van der Waals surface area contributed by atoms with Crippen LogP contribution in [-0.4, -0.2) is 32.7 Å². The third kappa shape index (κ3) is 4.15. The zero-order chi connectivity index (χ0) is 20.3. The number of carbonyl (C=O) groups excluding carboxylic acids is 1. The van der Waals surface area contributed by atoms with Gasteiger partial charge in [0.15, 0.2) is 0 Å². The van der Waals surface area contributed by atoms with Crippen molar-refractivity contribution in [1.29, 1.82) is 0 Å². The number of amides is 1. The second-order valence-corrected chi connectivity index (χ2v) is 8.31. The van der Waals surface area contributed by atoms with Gasteiger partial charge < -0.3 is 10.4 Å². The van der Waals surface area contributed by atoms with E-state index in [1.165, 1.54) is 7.05 Å². The molecule has 3 aromatic carbocycles. The summed E-state index contributed by atoms with van der Waals surface area (Å²) >= 11 is 0. The molecule has 0 heterocycles. The van der Waals surface area contributed by atoms with Gasteiger partial charge >= 0.3 is 0 Å². The highest BCUT2D eigenvalue weighted by molar-refractivity contribution is 7.92. The predicted octanol–water partition coefficient (Wildman–Crippen LogP) is 3.71. The Balaban J connectivity index is 2.08. The number of anilines is 2. The summed E-state index contributed by atoms with van der Waals surface area (Å²) in [5.74, 6) is -0.273. The van der Waals surface area contributed by atoms with Crippen LogP contribution in [0.2, 0.25) is 0 Å². The second-order valence-electron chi connectivity index (χ2n) is 6.30. The van der Waals surface area contributed by atoms with Gasteiger partial charge in [0.1, 0.15) is 5.75 Å². The number of carbonyl (C=O) groups is 1. The van der Waals surface area contributed by atoms with Gasteiger partial charge in [0.05, 0.1) is 17.6 Å². The number of benzene rings is 3. The Morgan fingerprint density at radius 2 is 1.61 bits per heavy atom. The maximum absolute atomic E-state index is 12.6. The molecule has 2 N–H and O–H groups in total. The molecule has 0 bridgehead atoms. The number of hydrogen-bond donors (Lipinski definition) is 2. The van der Waals surface area contributed by atoms with Crippen molar-refractivity contribution in [2.24, 2.45) is 0 Å². The molecule has 3 rings (SSSR count). The lowest BCUT2D eigenvalue weighted by Crippen LogP contribution is -2.26. The van der Waals surface area contributed by atoms with E-state index in [1.54, 1.807) is 72.8 Å². The van der Waals surface area contributed by atoms with Gasteiger partial charge in [-0.15, -0.1) is 0 Å². The molecule has 28 heavy (non-hydrogen) atoms. The minimum absolute atomic E-state index is 0.0899. The van der Waals surface area contributed by atoms with Gasteiger partial charge in [0.25, 0.3) is 5.91 Å². The normalized spacial score (nSPS) is 11.1. The molecule has 144 valence electrons. The molecular formula is C21H20N2O4S. The van der Waals surface area contributed by atoms with Crippen molar-refractivity contribution in [3.63, 3.8) is 0 Å². The summed E-state index contributed by atoms with van der Waals surface area (Å²) in [4.78, 5) is 12.6. The highest BCUT2D eigenvalue weighted by atomic mass is 32.2. The summed E-state index contributed by atoms with van der Waals surface area (Å²) in [5, 5.41) is 12.9. The van der Waals surface area contributed by atoms with E-state index in [1.807, 2.05) is 0 Å². The van der Waals surface area contributed by atoms with Crippen LogP contribution in [0.25, 0.3) is 11.1 Å². The number of phenolic OH excluding ortho intramolecular Hbond substituents is 1. The fourth-order valence-electron chi connectivity index (χ4n) is 2.76. The average molecular weight is 396 g/mol. The molecule has 7 heteroatoms. The molecule has 0 spiro atoms. The van der Waals surface area contributed by atoms with E-state index in [0.717, 1.165) is 10.6 Å². The predicted molar refractivity (Wildman–Crippen MR) is 111 cm³/mol. The fourth-order valence-corrected chi connectivity index (χ4v) is 3.28. The van der Waals surface area contributed by atoms with Crippen LogP contribution in [0.3, 0.4) is 0 Å². The van der Waals surface area contributed by atoms with Gasteiger partial charge in [0.2, 0.25) is 10.0 Å². The summed E-state index contributed by atoms with van der Waals surface area (Å²) in [7, 11) is -2.11. The minimum Gasteiger partial charge on any atom is -0.507 e. The zero-order valence-corrected chi connectivity index (χ0v) is 16.3. The molecule has 0 atom stereocenters. The number of sulfonamides is 1. The Bertz CT molecular complexity index is 1110. The molecule has 0 saturated heterocycles. The average Bonchev–Trinajstić information content (AvgIpc) is 2.68. The first-order valence-corrected chi connectivity index (χ1v) is 10.3. The Kier molecular flexibility index (Phi) is 5.37. The van der Waals surface area contributed by atoms with Crippen molar-refractivity contribution in [2.45, 2.75) is 0 Å². The first-order valence-electron chi connectivity index (χ1n) is 8.50. The van der Waals surface area contributed by atoms with Crippen molar-refractivity contribution in [3.8, 4) is 16.9 Å². The van der Waals surface area contributed by atoms with Crippen molar-refractivity contribution < 1.29 is 18.3 Å². The smallest absolute Gasteiger partial charge is 0.255 e. The van der Waals surface area contributed by atoms with Gasteiger partial charge in [-0.1, -0.05) is 42.5 Å². The molecule has 0 fully saturated rings. The van der Waals surface area contributed by atoms with Crippen molar-refractivity contribution in [3.05, 3.63) is 78.4 Å². The van der Waals surface area contributed by atoms with Crippen LogP contribution in [0.5, 0.6) is 5.75 Å². The lowest BCUT2D eigenvalue weighted by molar-refractivity contribution is 0.102. The number of aromatic hydroxyl groups is 1. The first kappa shape index (κ1) is 19.4. The summed E-state index contributed by atoms with van der Waals surface area (Å²) in [6.45, 7) is 0. The largest absolute Gasteiger partial charge is 0.507 e. The highest BCUT2D eigenvalue weighted by Crippen LogP contribution is 2.35. The molecule has 0 aliphatic heterocycles. The number of phenols is 1. The van der Waals surface area contributed by atoms with E-state index in [4.69, 9.17) is 0 Å². The van der Waals surface area contributed by atoms with Crippen LogP contribution in [0.4, 0.5) is 11.4 Å². The van der Waals surface area contributed by atoms with Crippen molar-refractivity contribution in [1.82, 2.24) is 0 Å². The van der Waals surface area contributed by atoms with Gasteiger partial charge in [-0.3, -0.25) is 9.10 Å². The van der Waals surface area contributed by atoms with Crippen molar-refractivity contribution >= 4 is 27.3 Å². The van der Waals surface area contributed by atoms with E-state index in [0.29, 0.717) is 28.1 Å². The molecule has 6 nitrogen and oxygen atoms in total. The quantitative estimate of drug-likeness (QED) is 0.688. The van der Waals surface area contributed by atoms with E-state index < -0.39 is 10.0 Å². The summed E-state index contributed by atoms with van der Waals surface area (Å²) < 4.78 is 25.1.